The molecule has 0 bridgehead atoms. The molecule has 0 atom stereocenters. The summed E-state index contributed by atoms with van der Waals surface area (Å²) in [6.07, 6.45) is 1.20. The van der Waals surface area contributed by atoms with Crippen LogP contribution in [0.15, 0.2) is 61.2 Å². The van der Waals surface area contributed by atoms with Gasteiger partial charge in [0.05, 0.1) is 6.61 Å². The molecule has 1 aromatic heterocycles. The highest BCUT2D eigenvalue weighted by Gasteiger charge is 2.07. The first kappa shape index (κ1) is 21.5. The molecule has 0 fully saturated rings. The van der Waals surface area contributed by atoms with Gasteiger partial charge in [0.1, 0.15) is 12.4 Å². The van der Waals surface area contributed by atoms with Crippen LogP contribution in [-0.2, 0) is 9.53 Å². The van der Waals surface area contributed by atoms with Gasteiger partial charge in [-0.2, -0.15) is 15.0 Å². The van der Waals surface area contributed by atoms with Crippen LogP contribution < -0.4 is 26.4 Å². The Kier molecular flexibility index (Phi) is 7.33. The molecule has 0 aliphatic heterocycles. The van der Waals surface area contributed by atoms with Gasteiger partial charge in [-0.15, -0.1) is 0 Å². The van der Waals surface area contributed by atoms with Gasteiger partial charge in [0.2, 0.25) is 23.8 Å². The first-order valence-electron chi connectivity index (χ1n) is 9.36. The number of carbonyl (C=O) groups is 1. The van der Waals surface area contributed by atoms with Crippen molar-refractivity contribution in [2.45, 2.75) is 0 Å². The van der Waals surface area contributed by atoms with Crippen LogP contribution in [-0.4, -0.2) is 41.2 Å². The molecule has 1 amide bonds. The predicted octanol–water partition coefficient (Wildman–Crippen LogP) is 3.09. The molecule has 0 unspecified atom stereocenters. The van der Waals surface area contributed by atoms with Gasteiger partial charge in [-0.25, -0.2) is 0 Å². The maximum atomic E-state index is 11.5. The second-order valence-corrected chi connectivity index (χ2v) is 6.23. The van der Waals surface area contributed by atoms with Crippen molar-refractivity contribution in [1.82, 2.24) is 15.0 Å². The van der Waals surface area contributed by atoms with Crippen LogP contribution in [0.1, 0.15) is 0 Å². The summed E-state index contributed by atoms with van der Waals surface area (Å²) in [5, 5.41) is 8.82. The number of hydrogen-bond donors (Lipinski definition) is 4. The van der Waals surface area contributed by atoms with Gasteiger partial charge in [0.25, 0.3) is 0 Å². The maximum absolute atomic E-state index is 11.5. The Bertz CT molecular complexity index is 1040. The van der Waals surface area contributed by atoms with E-state index in [1.54, 1.807) is 31.4 Å². The Morgan fingerprint density at radius 2 is 1.68 bits per heavy atom. The monoisotopic (exact) mass is 421 g/mol. The molecular formula is C21H23N7O3. The van der Waals surface area contributed by atoms with E-state index < -0.39 is 0 Å². The quantitative estimate of drug-likeness (QED) is 0.287. The summed E-state index contributed by atoms with van der Waals surface area (Å²) in [5.74, 6) is 1.00. The molecule has 0 saturated heterocycles. The van der Waals surface area contributed by atoms with Crippen LogP contribution in [0.4, 0.5) is 34.9 Å². The summed E-state index contributed by atoms with van der Waals surface area (Å²) >= 11 is 0. The van der Waals surface area contributed by atoms with Gasteiger partial charge in [0, 0.05) is 24.2 Å². The van der Waals surface area contributed by atoms with E-state index in [-0.39, 0.29) is 23.8 Å². The first-order chi connectivity index (χ1) is 15.1. The van der Waals surface area contributed by atoms with Crippen molar-refractivity contribution < 1.29 is 14.3 Å². The fourth-order valence-electron chi connectivity index (χ4n) is 2.51. The molecule has 31 heavy (non-hydrogen) atoms. The predicted molar refractivity (Wildman–Crippen MR) is 120 cm³/mol. The molecule has 3 aromatic rings. The van der Waals surface area contributed by atoms with Crippen LogP contribution in [0, 0.1) is 0 Å². The van der Waals surface area contributed by atoms with E-state index in [4.69, 9.17) is 15.2 Å². The molecule has 2 aromatic carbocycles. The van der Waals surface area contributed by atoms with E-state index in [1.165, 1.54) is 6.08 Å². The molecule has 10 nitrogen and oxygen atoms in total. The summed E-state index contributed by atoms with van der Waals surface area (Å²) in [7, 11) is 1.62. The molecule has 0 saturated carbocycles. The first-order valence-corrected chi connectivity index (χ1v) is 9.36. The van der Waals surface area contributed by atoms with Crippen molar-refractivity contribution in [2.24, 2.45) is 0 Å². The fraction of sp³-hybridized carbons (Fsp3) is 0.143. The molecule has 0 aliphatic rings. The lowest BCUT2D eigenvalue weighted by molar-refractivity contribution is -0.111. The highest BCUT2D eigenvalue weighted by molar-refractivity contribution is 5.99. The highest BCUT2D eigenvalue weighted by atomic mass is 16.5. The number of nitrogen functional groups attached to an aromatic ring is 1. The average Bonchev–Trinajstić information content (AvgIpc) is 2.75. The molecule has 3 rings (SSSR count). The van der Waals surface area contributed by atoms with Crippen LogP contribution in [0.5, 0.6) is 5.75 Å². The topological polar surface area (TPSA) is 136 Å². The second kappa shape index (κ2) is 10.6. The van der Waals surface area contributed by atoms with E-state index in [9.17, 15) is 4.79 Å². The van der Waals surface area contributed by atoms with Crippen molar-refractivity contribution >= 4 is 40.8 Å². The number of nitrogens with zero attached hydrogens (tertiary/aromatic N) is 3. The Balaban J connectivity index is 1.68. The smallest absolute Gasteiger partial charge is 0.247 e. The normalized spacial score (nSPS) is 10.2. The average molecular weight is 421 g/mol. The molecule has 5 N–H and O–H groups in total. The summed E-state index contributed by atoms with van der Waals surface area (Å²) in [5.41, 5.74) is 7.85. The Morgan fingerprint density at radius 1 is 1.00 bits per heavy atom. The lowest BCUT2D eigenvalue weighted by atomic mass is 10.2. The number of rotatable bonds is 10. The van der Waals surface area contributed by atoms with Crippen molar-refractivity contribution in [1.29, 1.82) is 0 Å². The molecule has 0 aliphatic carbocycles. The molecule has 160 valence electrons. The minimum Gasteiger partial charge on any atom is -0.491 e. The van der Waals surface area contributed by atoms with Crippen LogP contribution in [0.2, 0.25) is 0 Å². The SMILES string of the molecule is C=CC(=O)Nc1cccc(Nc2nc(N)nc(Nc3ccc(OCCOC)cc3)n2)c1. The van der Waals surface area contributed by atoms with Gasteiger partial charge < -0.3 is 31.2 Å². The van der Waals surface area contributed by atoms with E-state index >= 15 is 0 Å². The number of anilines is 6. The minimum absolute atomic E-state index is 0.0515. The summed E-state index contributed by atoms with van der Waals surface area (Å²) in [4.78, 5) is 24.0. The maximum Gasteiger partial charge on any atom is 0.247 e. The number of amides is 1. The lowest BCUT2D eigenvalue weighted by Gasteiger charge is -2.11. The Morgan fingerprint density at radius 3 is 2.35 bits per heavy atom. The highest BCUT2D eigenvalue weighted by Crippen LogP contribution is 2.21. The summed E-state index contributed by atoms with van der Waals surface area (Å²) < 4.78 is 10.5. The van der Waals surface area contributed by atoms with Gasteiger partial charge in [-0.3, -0.25) is 4.79 Å². The third-order valence-electron chi connectivity index (χ3n) is 3.89. The number of nitrogens with two attached hydrogens (primary N) is 1. The molecule has 0 radical (unpaired) electrons. The standard InChI is InChI=1S/C21H23N7O3/c1-3-18(29)23-15-5-4-6-16(13-15)25-21-27-19(22)26-20(28-21)24-14-7-9-17(10-8-14)31-12-11-30-2/h3-10,13H,1,11-12H2,2H3,(H,23,29)(H4,22,24,25,26,27,28). The third-order valence-corrected chi connectivity index (χ3v) is 3.89. The lowest BCUT2D eigenvalue weighted by Crippen LogP contribution is -2.08. The van der Waals surface area contributed by atoms with Crippen molar-refractivity contribution in [3.8, 4) is 5.75 Å². The van der Waals surface area contributed by atoms with Gasteiger partial charge in [-0.1, -0.05) is 12.6 Å². The number of hydrogen-bond acceptors (Lipinski definition) is 9. The Labute approximate surface area is 179 Å². The van der Waals surface area contributed by atoms with Crippen molar-refractivity contribution in [3.63, 3.8) is 0 Å². The molecule has 1 heterocycles. The van der Waals surface area contributed by atoms with Crippen LogP contribution in [0.3, 0.4) is 0 Å². The minimum atomic E-state index is -0.303. The zero-order valence-corrected chi connectivity index (χ0v) is 17.0. The third kappa shape index (κ3) is 6.68. The van der Waals surface area contributed by atoms with Gasteiger partial charge in [0.15, 0.2) is 0 Å². The van der Waals surface area contributed by atoms with Gasteiger partial charge >= 0.3 is 0 Å². The largest absolute Gasteiger partial charge is 0.491 e. The number of aromatic nitrogens is 3. The van der Waals surface area contributed by atoms with Gasteiger partial charge in [-0.05, 0) is 48.5 Å². The van der Waals surface area contributed by atoms with E-state index in [0.29, 0.717) is 24.6 Å². The zero-order valence-electron chi connectivity index (χ0n) is 17.0. The second-order valence-electron chi connectivity index (χ2n) is 6.23. The van der Waals surface area contributed by atoms with Crippen molar-refractivity contribution in [2.75, 3.05) is 42.0 Å². The number of nitrogens with one attached hydrogen (secondary N) is 3. The van der Waals surface area contributed by atoms with E-state index in [0.717, 1.165) is 11.4 Å². The number of benzene rings is 2. The van der Waals surface area contributed by atoms with E-state index in [2.05, 4.69) is 37.5 Å². The summed E-state index contributed by atoms with van der Waals surface area (Å²) in [6.45, 7) is 4.42. The van der Waals surface area contributed by atoms with Crippen LogP contribution >= 0.6 is 0 Å². The molecule has 10 heteroatoms. The molecule has 0 spiro atoms. The van der Waals surface area contributed by atoms with Crippen LogP contribution in [0.25, 0.3) is 0 Å². The zero-order chi connectivity index (χ0) is 22.1. The fourth-order valence-corrected chi connectivity index (χ4v) is 2.51. The number of methoxy groups -OCH3 is 1. The number of ether oxygens (including phenoxy) is 2. The van der Waals surface area contributed by atoms with E-state index in [1.807, 2.05) is 24.3 Å². The number of carbonyl (C=O) groups excluding carboxylic acids is 1. The summed E-state index contributed by atoms with van der Waals surface area (Å²) in [6, 6.07) is 14.4. The molecular weight excluding hydrogens is 398 g/mol. The Hall–Kier alpha value is -4.18. The van der Waals surface area contributed by atoms with Crippen molar-refractivity contribution in [3.05, 3.63) is 61.2 Å².